The molecule has 114 valence electrons. The van der Waals surface area contributed by atoms with Gasteiger partial charge in [0, 0.05) is 0 Å². The molecule has 22 heavy (non-hydrogen) atoms. The van der Waals surface area contributed by atoms with Crippen LogP contribution >= 0.6 is 0 Å². The van der Waals surface area contributed by atoms with Gasteiger partial charge in [-0.15, -0.1) is 29.4 Å². The Kier molecular flexibility index (Phi) is 525. The average Bonchev–Trinajstić information content (AvgIpc) is 2.23. The predicted octanol–water partition coefficient (Wildman–Crippen LogP) is -8.14. The van der Waals surface area contributed by atoms with Crippen LogP contribution in [-0.2, 0) is 16.8 Å². The number of hydrogen-bond acceptors (Lipinski definition) is 12. The van der Waals surface area contributed by atoms with Crippen molar-refractivity contribution in [3.63, 3.8) is 0 Å². The quantitative estimate of drug-likeness (QED) is 0.112. The zero-order chi connectivity index (χ0) is 16.2. The normalized spacial score (nSPS) is 3.27. The molecule has 0 unspecified atom stereocenters. The van der Waals surface area contributed by atoms with Gasteiger partial charge in [-0.2, -0.15) is 0 Å². The van der Waals surface area contributed by atoms with Crippen molar-refractivity contribution in [2.24, 2.45) is 32.0 Å². The van der Waals surface area contributed by atoms with Crippen LogP contribution in [0.3, 0.4) is 0 Å². The molecule has 6 N–H and O–H groups in total. The van der Waals surface area contributed by atoms with E-state index < -0.39 is 0 Å². The first-order valence-electron chi connectivity index (χ1n) is 2.30. The van der Waals surface area contributed by atoms with E-state index in [4.69, 9.17) is 60.7 Å². The van der Waals surface area contributed by atoms with E-state index in [1.54, 1.807) is 0 Å². The molecular weight excluding hydrogens is 452 g/mol. The van der Waals surface area contributed by atoms with Crippen LogP contribution in [0.2, 0.25) is 0 Å². The van der Waals surface area contributed by atoms with E-state index in [-0.39, 0.29) is 171 Å². The fourth-order valence-electron chi connectivity index (χ4n) is 0. The summed E-state index contributed by atoms with van der Waals surface area (Å²) in [4.78, 5) is 48.7. The molecule has 0 aliphatic rings. The molecule has 0 saturated heterocycles. The Morgan fingerprint density at radius 3 is 0.364 bits per heavy atom. The minimum atomic E-state index is 0. The van der Waals surface area contributed by atoms with E-state index in [0.717, 1.165) is 0 Å². The van der Waals surface area contributed by atoms with Gasteiger partial charge in [0.2, 0.25) is 0 Å². The third-order valence-electron chi connectivity index (χ3n) is 0. The summed E-state index contributed by atoms with van der Waals surface area (Å²) in [6, 6.07) is 0. The summed E-state index contributed by atoms with van der Waals surface area (Å²) in [7, 11) is 0. The summed E-state index contributed by atoms with van der Waals surface area (Å²) in [6.07, 6.45) is 0. The monoisotopic (exact) mass is 458 g/mol. The van der Waals surface area contributed by atoms with Gasteiger partial charge < -0.3 is 31.2 Å². The molecule has 0 bridgehead atoms. The van der Waals surface area contributed by atoms with Crippen LogP contribution in [0.15, 0.2) is 32.0 Å². The minimum absolute atomic E-state index is 0. The molecule has 0 fully saturated rings. The topological polar surface area (TPSA) is 298 Å². The largest absolute Gasteiger partial charge is 3.00 e. The van der Waals surface area contributed by atoms with Crippen molar-refractivity contribution in [2.45, 2.75) is 0 Å². The fraction of sp³-hybridized carbons (Fsp3) is 0. The Balaban J connectivity index is -0.00000000947. The molecule has 0 aromatic rings. The smallest absolute Gasteiger partial charge is 0.379 e. The molecule has 22 heteroatoms. The van der Waals surface area contributed by atoms with Crippen molar-refractivity contribution >= 4 is 0 Å². The van der Waals surface area contributed by atoms with Gasteiger partial charge in [0.15, 0.2) is 32.0 Å². The third kappa shape index (κ3) is 2870. The maximum absolute atomic E-state index is 8.11. The minimum Gasteiger partial charge on any atom is -0.379 e. The Morgan fingerprint density at radius 2 is 0.364 bits per heavy atom. The molecule has 18 nitrogen and oxygen atoms in total. The van der Waals surface area contributed by atoms with Crippen molar-refractivity contribution in [2.75, 3.05) is 0 Å². The first kappa shape index (κ1) is 65.0. The molecule has 0 spiro atoms. The molecule has 0 aromatic heterocycles. The average molecular weight is 458 g/mol. The van der Waals surface area contributed by atoms with Gasteiger partial charge in [-0.25, -0.2) is 0 Å². The summed E-state index contributed by atoms with van der Waals surface area (Å²) < 4.78 is 0. The molecule has 0 heterocycles. The summed E-state index contributed by atoms with van der Waals surface area (Å²) in [5, 5.41) is 47.3. The van der Waals surface area contributed by atoms with Crippen molar-refractivity contribution in [1.82, 2.24) is 0 Å². The van der Waals surface area contributed by atoms with E-state index in [1.807, 2.05) is 0 Å². The second-order valence-corrected chi connectivity index (χ2v) is 0.490. The van der Waals surface area contributed by atoms with Crippen LogP contribution in [-0.4, -0.2) is 31.2 Å². The Morgan fingerprint density at radius 1 is 0.364 bits per heavy atom. The van der Waals surface area contributed by atoms with Gasteiger partial charge in [-0.05, 0) is 0 Å². The van der Waals surface area contributed by atoms with Crippen LogP contribution in [0.5, 0.6) is 0 Å². The Hall–Kier alpha value is 1.82. The third-order valence-corrected chi connectivity index (χ3v) is 0. The van der Waals surface area contributed by atoms with Crippen LogP contribution in [0.4, 0.5) is 0 Å². The van der Waals surface area contributed by atoms with Crippen LogP contribution in [0, 0.1) is 29.4 Å². The molecule has 0 aliphatic carbocycles. The van der Waals surface area contributed by atoms with Crippen LogP contribution < -0.4 is 154 Å². The second kappa shape index (κ2) is 178. The molecule has 0 atom stereocenters. The molecule has 0 aromatic carbocycles. The summed E-state index contributed by atoms with van der Waals surface area (Å²) in [5.74, 6) is 0. The van der Waals surface area contributed by atoms with Crippen molar-refractivity contribution in [1.29, 1.82) is 0 Å². The van der Waals surface area contributed by atoms with E-state index >= 15 is 0 Å². The first-order valence-corrected chi connectivity index (χ1v) is 2.30. The Labute approximate surface area is 257 Å². The summed E-state index contributed by atoms with van der Waals surface area (Å²) in [6.45, 7) is 0. The van der Waals surface area contributed by atoms with Gasteiger partial charge >= 0.3 is 171 Å². The number of hydrogen-bond donors (Lipinski definition) is 6. The molecular formula is H6CoK3N6O12+6. The van der Waals surface area contributed by atoms with Crippen LogP contribution in [0.25, 0.3) is 0 Å². The summed E-state index contributed by atoms with van der Waals surface area (Å²) >= 11 is 0. The second-order valence-electron chi connectivity index (χ2n) is 0.490. The maximum atomic E-state index is 8.11. The van der Waals surface area contributed by atoms with E-state index in [1.165, 1.54) is 32.0 Å². The van der Waals surface area contributed by atoms with Gasteiger partial charge in [0.1, 0.15) is 0 Å². The van der Waals surface area contributed by atoms with Crippen molar-refractivity contribution < 1.29 is 202 Å². The number of nitrogens with zero attached hydrogens (tertiary/aromatic N) is 6. The number of rotatable bonds is 0. The zero-order valence-electron chi connectivity index (χ0n) is 11.1. The molecule has 0 amide bonds. The SMILES string of the molecule is O=NO.O=NO.O=NO.O=NO.O=NO.O=NO.[Co+3].[K+].[K+].[K+]. The van der Waals surface area contributed by atoms with Gasteiger partial charge in [-0.1, -0.05) is 0 Å². The predicted molar refractivity (Wildman–Crippen MR) is 45.5 cm³/mol. The maximum Gasteiger partial charge on any atom is 3.00 e. The summed E-state index contributed by atoms with van der Waals surface area (Å²) in [5.41, 5.74) is 0. The molecule has 0 radical (unpaired) electrons. The van der Waals surface area contributed by atoms with E-state index in [2.05, 4.69) is 0 Å². The van der Waals surface area contributed by atoms with Crippen molar-refractivity contribution in [3.8, 4) is 0 Å². The van der Waals surface area contributed by atoms with Gasteiger partial charge in [0.05, 0.1) is 0 Å². The van der Waals surface area contributed by atoms with Gasteiger partial charge in [-0.3, -0.25) is 0 Å². The molecule has 0 aliphatic heterocycles. The van der Waals surface area contributed by atoms with Crippen molar-refractivity contribution in [3.05, 3.63) is 29.4 Å². The Bertz CT molecular complexity index is 126. The fourth-order valence-corrected chi connectivity index (χ4v) is 0. The van der Waals surface area contributed by atoms with Gasteiger partial charge in [0.25, 0.3) is 0 Å². The molecule has 0 saturated carbocycles. The standard InChI is InChI=1S/Co.3K.6HNO2/c;;;;6*2-1-3/h;;;;6*(H,2,3)/q+3;3*+1;;;;;;. The van der Waals surface area contributed by atoms with E-state index in [0.29, 0.717) is 0 Å². The molecule has 0 rings (SSSR count). The zero-order valence-corrected chi connectivity index (χ0v) is 21.6. The first-order chi connectivity index (χ1) is 8.49. The van der Waals surface area contributed by atoms with E-state index in [9.17, 15) is 0 Å². The van der Waals surface area contributed by atoms with Crippen LogP contribution in [0.1, 0.15) is 0 Å².